The van der Waals surface area contributed by atoms with Crippen molar-refractivity contribution in [3.05, 3.63) is 29.3 Å². The van der Waals surface area contributed by atoms with E-state index in [-0.39, 0.29) is 0 Å². The Hall–Kier alpha value is -1.57. The van der Waals surface area contributed by atoms with Gasteiger partial charge in [0.05, 0.1) is 4.88 Å². The Morgan fingerprint density at radius 2 is 2.50 bits per heavy atom. The predicted molar refractivity (Wildman–Crippen MR) is 67.1 cm³/mol. The quantitative estimate of drug-likeness (QED) is 0.815. The van der Waals surface area contributed by atoms with Gasteiger partial charge in [0.1, 0.15) is 12.2 Å². The largest absolute Gasteiger partial charge is 0.316 e. The number of hydrogen-bond donors (Lipinski definition) is 1. The fourth-order valence-corrected chi connectivity index (χ4v) is 2.32. The Labute approximate surface area is 99.1 Å². The fourth-order valence-electron chi connectivity index (χ4n) is 1.58. The molecule has 0 spiro atoms. The highest BCUT2D eigenvalue weighted by molar-refractivity contribution is 7.13. The standard InChI is InChI=1S/C12H13N3S/c1-3-6-15-9-10(8-13-2)12(14-15)11-5-4-7-16-11/h1,4-5,7,9,13H,6,8H2,2H3. The molecule has 0 amide bonds. The van der Waals surface area contributed by atoms with Gasteiger partial charge < -0.3 is 5.32 Å². The minimum absolute atomic E-state index is 0.516. The molecule has 0 aromatic carbocycles. The topological polar surface area (TPSA) is 29.9 Å². The zero-order valence-electron chi connectivity index (χ0n) is 9.10. The highest BCUT2D eigenvalue weighted by atomic mass is 32.1. The molecule has 82 valence electrons. The van der Waals surface area contributed by atoms with Gasteiger partial charge in [0.15, 0.2) is 0 Å². The molecule has 1 N–H and O–H groups in total. The first-order valence-electron chi connectivity index (χ1n) is 5.03. The van der Waals surface area contributed by atoms with Crippen LogP contribution in [-0.4, -0.2) is 16.8 Å². The lowest BCUT2D eigenvalue weighted by molar-refractivity contribution is 0.716. The molecule has 2 aromatic rings. The lowest BCUT2D eigenvalue weighted by Crippen LogP contribution is -2.04. The summed E-state index contributed by atoms with van der Waals surface area (Å²) in [7, 11) is 1.93. The number of thiophene rings is 1. The van der Waals surface area contributed by atoms with Crippen LogP contribution in [0.15, 0.2) is 23.7 Å². The van der Waals surface area contributed by atoms with Crippen LogP contribution in [0, 0.1) is 12.3 Å². The van der Waals surface area contributed by atoms with Gasteiger partial charge in [0, 0.05) is 18.3 Å². The maximum Gasteiger partial charge on any atom is 0.107 e. The number of hydrogen-bond acceptors (Lipinski definition) is 3. The van der Waals surface area contributed by atoms with E-state index in [2.05, 4.69) is 27.8 Å². The van der Waals surface area contributed by atoms with Gasteiger partial charge in [-0.05, 0) is 18.5 Å². The Balaban J connectivity index is 2.38. The maximum atomic E-state index is 5.29. The van der Waals surface area contributed by atoms with Gasteiger partial charge in [-0.3, -0.25) is 4.68 Å². The summed E-state index contributed by atoms with van der Waals surface area (Å²) in [5.74, 6) is 2.60. The van der Waals surface area contributed by atoms with E-state index in [9.17, 15) is 0 Å². The smallest absolute Gasteiger partial charge is 0.107 e. The third kappa shape index (κ3) is 2.16. The van der Waals surface area contributed by atoms with Crippen molar-refractivity contribution in [2.24, 2.45) is 0 Å². The van der Waals surface area contributed by atoms with Crippen LogP contribution in [0.5, 0.6) is 0 Å². The van der Waals surface area contributed by atoms with Crippen LogP contribution in [0.2, 0.25) is 0 Å². The van der Waals surface area contributed by atoms with Gasteiger partial charge in [-0.1, -0.05) is 12.0 Å². The Bertz CT molecular complexity index is 491. The first-order chi connectivity index (χ1) is 7.85. The minimum Gasteiger partial charge on any atom is -0.316 e. The average Bonchev–Trinajstić information content (AvgIpc) is 2.87. The van der Waals surface area contributed by atoms with E-state index >= 15 is 0 Å². The highest BCUT2D eigenvalue weighted by Gasteiger charge is 2.10. The summed E-state index contributed by atoms with van der Waals surface area (Å²) in [5, 5.41) is 9.70. The molecule has 4 heteroatoms. The van der Waals surface area contributed by atoms with Crippen LogP contribution in [0.4, 0.5) is 0 Å². The monoisotopic (exact) mass is 231 g/mol. The molecule has 0 aliphatic carbocycles. The van der Waals surface area contributed by atoms with Crippen LogP contribution in [0.3, 0.4) is 0 Å². The molecule has 0 fully saturated rings. The SMILES string of the molecule is C#CCn1cc(CNC)c(-c2cccs2)n1. The van der Waals surface area contributed by atoms with Crippen molar-refractivity contribution in [1.29, 1.82) is 0 Å². The highest BCUT2D eigenvalue weighted by Crippen LogP contribution is 2.26. The molecule has 2 aromatic heterocycles. The number of aromatic nitrogens is 2. The molecule has 0 atom stereocenters. The Morgan fingerprint density at radius 1 is 1.62 bits per heavy atom. The van der Waals surface area contributed by atoms with Gasteiger partial charge >= 0.3 is 0 Å². The van der Waals surface area contributed by atoms with E-state index in [1.54, 1.807) is 11.3 Å². The van der Waals surface area contributed by atoms with Crippen LogP contribution >= 0.6 is 11.3 Å². The van der Waals surface area contributed by atoms with E-state index in [1.165, 1.54) is 10.4 Å². The molecule has 0 unspecified atom stereocenters. The van der Waals surface area contributed by atoms with Crippen molar-refractivity contribution in [3.63, 3.8) is 0 Å². The number of nitrogens with one attached hydrogen (secondary N) is 1. The van der Waals surface area contributed by atoms with Crippen LogP contribution in [-0.2, 0) is 13.1 Å². The first kappa shape index (κ1) is 10.9. The number of nitrogens with zero attached hydrogens (tertiary/aromatic N) is 2. The summed E-state index contributed by atoms with van der Waals surface area (Å²) >= 11 is 1.69. The summed E-state index contributed by atoms with van der Waals surface area (Å²) in [4.78, 5) is 1.18. The Morgan fingerprint density at radius 3 is 3.12 bits per heavy atom. The second kappa shape index (κ2) is 4.97. The van der Waals surface area contributed by atoms with E-state index in [0.29, 0.717) is 6.54 Å². The third-order valence-electron chi connectivity index (χ3n) is 2.21. The molecule has 0 saturated heterocycles. The lowest BCUT2D eigenvalue weighted by Gasteiger charge is -1.97. The predicted octanol–water partition coefficient (Wildman–Crippen LogP) is 1.96. The van der Waals surface area contributed by atoms with Crippen LogP contribution < -0.4 is 5.32 Å². The summed E-state index contributed by atoms with van der Waals surface area (Å²) in [6.07, 6.45) is 7.29. The fraction of sp³-hybridized carbons (Fsp3) is 0.250. The normalized spacial score (nSPS) is 10.2. The molecular formula is C12H13N3S. The second-order valence-corrected chi connectivity index (χ2v) is 4.36. The van der Waals surface area contributed by atoms with Crippen molar-refractivity contribution in [1.82, 2.24) is 15.1 Å². The molecule has 0 radical (unpaired) electrons. The summed E-state index contributed by atoms with van der Waals surface area (Å²) in [6.45, 7) is 1.32. The molecule has 0 aliphatic heterocycles. The average molecular weight is 231 g/mol. The van der Waals surface area contributed by atoms with Crippen molar-refractivity contribution < 1.29 is 0 Å². The molecule has 2 rings (SSSR count). The van der Waals surface area contributed by atoms with Crippen LogP contribution in [0.25, 0.3) is 10.6 Å². The van der Waals surface area contributed by atoms with E-state index in [1.807, 2.05) is 24.0 Å². The van der Waals surface area contributed by atoms with Crippen molar-refractivity contribution in [2.75, 3.05) is 7.05 Å². The van der Waals surface area contributed by atoms with Gasteiger partial charge in [-0.25, -0.2) is 0 Å². The zero-order valence-corrected chi connectivity index (χ0v) is 9.92. The third-order valence-corrected chi connectivity index (χ3v) is 3.09. The van der Waals surface area contributed by atoms with E-state index in [0.717, 1.165) is 12.2 Å². The van der Waals surface area contributed by atoms with Crippen molar-refractivity contribution in [2.45, 2.75) is 13.1 Å². The second-order valence-electron chi connectivity index (χ2n) is 3.41. The minimum atomic E-state index is 0.516. The van der Waals surface area contributed by atoms with E-state index < -0.39 is 0 Å². The zero-order chi connectivity index (χ0) is 11.4. The molecule has 0 aliphatic rings. The number of rotatable bonds is 4. The van der Waals surface area contributed by atoms with Crippen molar-refractivity contribution >= 4 is 11.3 Å². The van der Waals surface area contributed by atoms with Crippen molar-refractivity contribution in [3.8, 4) is 22.9 Å². The number of terminal acetylenes is 1. The summed E-state index contributed by atoms with van der Waals surface area (Å²) < 4.78 is 1.81. The molecule has 16 heavy (non-hydrogen) atoms. The molecule has 0 bridgehead atoms. The molecule has 2 heterocycles. The van der Waals surface area contributed by atoms with Gasteiger partial charge in [-0.15, -0.1) is 17.8 Å². The Kier molecular flexibility index (Phi) is 3.40. The van der Waals surface area contributed by atoms with Gasteiger partial charge in [-0.2, -0.15) is 5.10 Å². The van der Waals surface area contributed by atoms with Crippen LogP contribution in [0.1, 0.15) is 5.56 Å². The van der Waals surface area contributed by atoms with E-state index in [4.69, 9.17) is 6.42 Å². The summed E-state index contributed by atoms with van der Waals surface area (Å²) in [5.41, 5.74) is 2.21. The first-order valence-corrected chi connectivity index (χ1v) is 5.91. The molecule has 3 nitrogen and oxygen atoms in total. The van der Waals surface area contributed by atoms with Gasteiger partial charge in [0.2, 0.25) is 0 Å². The molecular weight excluding hydrogens is 218 g/mol. The maximum absolute atomic E-state index is 5.29. The van der Waals surface area contributed by atoms with Gasteiger partial charge in [0.25, 0.3) is 0 Å². The lowest BCUT2D eigenvalue weighted by atomic mass is 10.2. The summed E-state index contributed by atoms with van der Waals surface area (Å²) in [6, 6.07) is 4.11. The molecule has 0 saturated carbocycles.